The van der Waals surface area contributed by atoms with Crippen LogP contribution in [0.1, 0.15) is 32.1 Å². The molecular weight excluding hydrogens is 199 g/mol. The lowest BCUT2D eigenvalue weighted by molar-refractivity contribution is -0.120. The van der Waals surface area contributed by atoms with E-state index in [1.54, 1.807) is 12.4 Å². The number of amides is 1. The van der Waals surface area contributed by atoms with Crippen LogP contribution in [0.3, 0.4) is 0 Å². The molecule has 0 bridgehead atoms. The number of nitrogens with zero attached hydrogens (tertiary/aromatic N) is 1. The molecule has 0 saturated heterocycles. The molecule has 1 aromatic heterocycles. The monoisotopic (exact) mass is 216 g/mol. The molecule has 1 saturated carbocycles. The highest BCUT2D eigenvalue weighted by Gasteiger charge is 2.20. The van der Waals surface area contributed by atoms with Crippen LogP contribution in [0.4, 0.5) is 5.69 Å². The number of anilines is 1. The van der Waals surface area contributed by atoms with Gasteiger partial charge in [-0.15, -0.1) is 0 Å². The zero-order chi connectivity index (χ0) is 11.4. The van der Waals surface area contributed by atoms with E-state index in [4.69, 9.17) is 0 Å². The molecule has 0 radical (unpaired) electrons. The smallest absolute Gasteiger partial charge is 0.227 e. The molecule has 1 aliphatic rings. The number of carbonyl (C=O) groups is 1. The van der Waals surface area contributed by atoms with Gasteiger partial charge in [-0.1, -0.05) is 24.7 Å². The van der Waals surface area contributed by atoms with E-state index in [1.807, 2.05) is 13.9 Å². The predicted octanol–water partition coefficient (Wildman–Crippen LogP) is 0.859. The second kappa shape index (κ2) is 5.15. The van der Waals surface area contributed by atoms with Crippen molar-refractivity contribution < 1.29 is 4.79 Å². The third-order valence-corrected chi connectivity index (χ3v) is 3.12. The molecule has 1 aromatic rings. The van der Waals surface area contributed by atoms with Crippen molar-refractivity contribution in [3.05, 3.63) is 18.5 Å². The molecule has 2 rings (SSSR count). The second-order valence-electron chi connectivity index (χ2n) is 4.58. The van der Waals surface area contributed by atoms with Crippen molar-refractivity contribution in [2.75, 3.05) is 5.32 Å². The lowest BCUT2D eigenvalue weighted by Gasteiger charge is -2.20. The summed E-state index contributed by atoms with van der Waals surface area (Å²) >= 11 is 0. The third kappa shape index (κ3) is 2.84. The Labute approximate surface area is 97.1 Å². The molecule has 0 aliphatic heterocycles. The number of rotatable bonds is 2. The van der Waals surface area contributed by atoms with Crippen molar-refractivity contribution in [2.24, 2.45) is 5.92 Å². The van der Waals surface area contributed by atoms with Crippen LogP contribution in [0.5, 0.6) is 0 Å². The van der Waals surface area contributed by atoms with E-state index < -0.39 is 0 Å². The summed E-state index contributed by atoms with van der Waals surface area (Å²) in [5.74, 6) is 0.362. The number of pyridine rings is 1. The third-order valence-electron chi connectivity index (χ3n) is 3.12. The summed E-state index contributed by atoms with van der Waals surface area (Å²) in [4.78, 5) is 16.0. The Morgan fingerprint density at radius 1 is 1.31 bits per heavy atom. The quantitative estimate of drug-likeness (QED) is 0.745. The molecule has 1 amide bonds. The summed E-state index contributed by atoms with van der Waals surface area (Å²) in [5, 5.41) is 2.95. The maximum Gasteiger partial charge on any atom is 0.227 e. The van der Waals surface area contributed by atoms with Gasteiger partial charge in [0.25, 0.3) is 0 Å². The Kier molecular flexibility index (Phi) is 3.60. The fourth-order valence-electron chi connectivity index (χ4n) is 2.23. The first-order valence-electron chi connectivity index (χ1n) is 5.98. The molecule has 84 valence electrons. The van der Waals surface area contributed by atoms with Crippen LogP contribution in [0, 0.1) is 5.92 Å². The molecule has 1 N–H and O–H groups in total. The van der Waals surface area contributed by atoms with Gasteiger partial charge in [-0.25, -0.2) is 0 Å². The normalized spacial score (nSPS) is 17.0. The Morgan fingerprint density at radius 2 is 2.06 bits per heavy atom. The van der Waals surface area contributed by atoms with Gasteiger partial charge in [-0.05, 0) is 18.9 Å². The Hall–Kier alpha value is -1.32. The zero-order valence-corrected chi connectivity index (χ0v) is 9.70. The van der Waals surface area contributed by atoms with Gasteiger partial charge in [-0.3, -0.25) is 9.78 Å². The van der Waals surface area contributed by atoms with Crippen molar-refractivity contribution in [2.45, 2.75) is 32.1 Å². The molecule has 1 fully saturated rings. The maximum atomic E-state index is 11.9. The van der Waals surface area contributed by atoms with Gasteiger partial charge in [-0.2, -0.15) is 0 Å². The molecular formula is C12H17BN2O. The Balaban J connectivity index is 1.96. The van der Waals surface area contributed by atoms with Gasteiger partial charge >= 0.3 is 0 Å². The van der Waals surface area contributed by atoms with Crippen LogP contribution in [0.25, 0.3) is 0 Å². The van der Waals surface area contributed by atoms with Crippen molar-refractivity contribution in [3.63, 3.8) is 0 Å². The van der Waals surface area contributed by atoms with Crippen molar-refractivity contribution >= 4 is 24.9 Å². The standard InChI is InChI=1S/C12H17BN2O/c13-10-6-11(8-14-7-10)15-12(16)9-4-2-1-3-5-9/h6-9H,1-5,13H2,(H,15,16). The van der Waals surface area contributed by atoms with Crippen LogP contribution in [0.2, 0.25) is 0 Å². The van der Waals surface area contributed by atoms with Crippen molar-refractivity contribution in [1.29, 1.82) is 0 Å². The van der Waals surface area contributed by atoms with E-state index in [-0.39, 0.29) is 11.8 Å². The van der Waals surface area contributed by atoms with E-state index in [0.29, 0.717) is 0 Å². The Morgan fingerprint density at radius 3 is 2.75 bits per heavy atom. The van der Waals surface area contributed by atoms with Gasteiger partial charge in [0, 0.05) is 12.1 Å². The van der Waals surface area contributed by atoms with Crippen LogP contribution < -0.4 is 10.8 Å². The first kappa shape index (κ1) is 11.2. The van der Waals surface area contributed by atoms with E-state index >= 15 is 0 Å². The minimum atomic E-state index is 0.159. The fraction of sp³-hybridized carbons (Fsp3) is 0.500. The number of hydrogen-bond acceptors (Lipinski definition) is 2. The molecule has 1 heterocycles. The van der Waals surface area contributed by atoms with Gasteiger partial charge in [0.05, 0.1) is 11.9 Å². The first-order chi connectivity index (χ1) is 7.75. The highest BCUT2D eigenvalue weighted by molar-refractivity contribution is 6.32. The van der Waals surface area contributed by atoms with Gasteiger partial charge in [0.15, 0.2) is 0 Å². The zero-order valence-electron chi connectivity index (χ0n) is 9.70. The largest absolute Gasteiger partial charge is 0.325 e. The lowest BCUT2D eigenvalue weighted by atomic mass is 9.88. The van der Waals surface area contributed by atoms with Gasteiger partial charge in [0.2, 0.25) is 5.91 Å². The number of aromatic nitrogens is 1. The minimum absolute atomic E-state index is 0.159. The van der Waals surface area contributed by atoms with E-state index in [1.165, 1.54) is 19.3 Å². The summed E-state index contributed by atoms with van der Waals surface area (Å²) in [6.07, 6.45) is 9.20. The van der Waals surface area contributed by atoms with Crippen LogP contribution in [0.15, 0.2) is 18.5 Å². The highest BCUT2D eigenvalue weighted by Crippen LogP contribution is 2.24. The Bertz CT molecular complexity index is 375. The summed E-state index contributed by atoms with van der Waals surface area (Å²) in [6.45, 7) is 0. The molecule has 16 heavy (non-hydrogen) atoms. The molecule has 0 spiro atoms. The molecule has 4 heteroatoms. The molecule has 1 aliphatic carbocycles. The van der Waals surface area contributed by atoms with E-state index in [0.717, 1.165) is 24.0 Å². The fourth-order valence-corrected chi connectivity index (χ4v) is 2.23. The van der Waals surface area contributed by atoms with Crippen LogP contribution in [-0.4, -0.2) is 18.7 Å². The summed E-state index contributed by atoms with van der Waals surface area (Å²) in [5.41, 5.74) is 1.89. The number of hydrogen-bond donors (Lipinski definition) is 1. The second-order valence-corrected chi connectivity index (χ2v) is 4.58. The average molecular weight is 216 g/mol. The maximum absolute atomic E-state index is 11.9. The predicted molar refractivity (Wildman–Crippen MR) is 67.6 cm³/mol. The van der Waals surface area contributed by atoms with E-state index in [9.17, 15) is 4.79 Å². The topological polar surface area (TPSA) is 42.0 Å². The molecule has 0 unspecified atom stereocenters. The number of carbonyl (C=O) groups excluding carboxylic acids is 1. The summed E-state index contributed by atoms with van der Waals surface area (Å²) in [6, 6.07) is 1.95. The van der Waals surface area contributed by atoms with Gasteiger partial charge in [0.1, 0.15) is 7.85 Å². The van der Waals surface area contributed by atoms with Crippen LogP contribution >= 0.6 is 0 Å². The molecule has 3 nitrogen and oxygen atoms in total. The minimum Gasteiger partial charge on any atom is -0.325 e. The van der Waals surface area contributed by atoms with Crippen LogP contribution in [-0.2, 0) is 4.79 Å². The molecule has 0 atom stereocenters. The SMILES string of the molecule is Bc1cncc(NC(=O)C2CCCCC2)c1. The summed E-state index contributed by atoms with van der Waals surface area (Å²) < 4.78 is 0. The summed E-state index contributed by atoms with van der Waals surface area (Å²) in [7, 11) is 1.98. The van der Waals surface area contributed by atoms with E-state index in [2.05, 4.69) is 10.3 Å². The number of nitrogens with one attached hydrogen (secondary N) is 1. The lowest BCUT2D eigenvalue weighted by Crippen LogP contribution is -2.25. The van der Waals surface area contributed by atoms with Gasteiger partial charge < -0.3 is 5.32 Å². The average Bonchev–Trinajstić information content (AvgIpc) is 2.30. The van der Waals surface area contributed by atoms with Crippen molar-refractivity contribution in [1.82, 2.24) is 4.98 Å². The first-order valence-corrected chi connectivity index (χ1v) is 5.98. The van der Waals surface area contributed by atoms with Crippen molar-refractivity contribution in [3.8, 4) is 0 Å². The molecule has 0 aromatic carbocycles. The highest BCUT2D eigenvalue weighted by atomic mass is 16.1.